The summed E-state index contributed by atoms with van der Waals surface area (Å²) in [5.41, 5.74) is 0.466. The highest BCUT2D eigenvalue weighted by Crippen LogP contribution is 2.37. The fourth-order valence-corrected chi connectivity index (χ4v) is 5.28. The summed E-state index contributed by atoms with van der Waals surface area (Å²) in [4.78, 5) is 33.4. The number of rotatable bonds is 11. The van der Waals surface area contributed by atoms with E-state index in [1.165, 1.54) is 25.9 Å². The maximum Gasteiger partial charge on any atom is 0.433 e. The lowest BCUT2D eigenvalue weighted by Crippen LogP contribution is -2.43. The van der Waals surface area contributed by atoms with Gasteiger partial charge in [0.05, 0.1) is 31.6 Å². The lowest BCUT2D eigenvalue weighted by atomic mass is 10.0. The number of alkyl halides is 3. The molecule has 2 aromatic heterocycles. The van der Waals surface area contributed by atoms with E-state index in [0.717, 1.165) is 11.8 Å². The Morgan fingerprint density at radius 3 is 2.38 bits per heavy atom. The second-order valence-corrected chi connectivity index (χ2v) is 11.0. The number of hydrogen-bond donors (Lipinski definition) is 2. The van der Waals surface area contributed by atoms with E-state index in [9.17, 15) is 27.9 Å². The topological polar surface area (TPSA) is 112 Å². The quantitative estimate of drug-likeness (QED) is 0.235. The highest BCUT2D eigenvalue weighted by Gasteiger charge is 2.39. The van der Waals surface area contributed by atoms with E-state index in [4.69, 9.17) is 4.74 Å². The number of nitrogens with zero attached hydrogens (tertiary/aromatic N) is 5. The van der Waals surface area contributed by atoms with E-state index < -0.39 is 23.8 Å². The van der Waals surface area contributed by atoms with Gasteiger partial charge in [-0.2, -0.15) is 18.3 Å². The van der Waals surface area contributed by atoms with Crippen LogP contribution >= 0.6 is 0 Å². The van der Waals surface area contributed by atoms with E-state index in [1.807, 2.05) is 24.8 Å². The summed E-state index contributed by atoms with van der Waals surface area (Å²) in [6, 6.07) is 12.9. The first-order chi connectivity index (χ1) is 21.3. The molecule has 4 rings (SSSR count). The number of aromatic nitrogens is 3. The van der Waals surface area contributed by atoms with Gasteiger partial charge in [0.15, 0.2) is 11.3 Å². The molecule has 0 saturated carbocycles. The lowest BCUT2D eigenvalue weighted by Gasteiger charge is -2.32. The number of aliphatic hydroxyl groups excluding tert-OH is 1. The number of methoxy groups -OCH3 is 1. The molecule has 13 heteroatoms. The van der Waals surface area contributed by atoms with Crippen molar-refractivity contribution in [2.75, 3.05) is 39.2 Å². The molecule has 0 aliphatic carbocycles. The van der Waals surface area contributed by atoms with Gasteiger partial charge in [0.25, 0.3) is 5.91 Å². The van der Waals surface area contributed by atoms with E-state index in [2.05, 4.69) is 15.4 Å². The third kappa shape index (κ3) is 7.26. The van der Waals surface area contributed by atoms with Crippen molar-refractivity contribution in [3.63, 3.8) is 0 Å². The van der Waals surface area contributed by atoms with Gasteiger partial charge >= 0.3 is 6.18 Å². The molecule has 0 aliphatic rings. The molecular formula is C32H37F3N6O4. The van der Waals surface area contributed by atoms with Gasteiger partial charge in [-0.25, -0.2) is 9.50 Å². The molecule has 4 aromatic rings. The number of hydrogen-bond acceptors (Lipinski definition) is 7. The molecule has 45 heavy (non-hydrogen) atoms. The number of fused-ring (bicyclic) bond motifs is 1. The van der Waals surface area contributed by atoms with Crippen LogP contribution in [0, 0.1) is 6.92 Å². The molecule has 0 aliphatic heterocycles. The molecule has 1 atom stereocenters. The largest absolute Gasteiger partial charge is 0.497 e. The second kappa shape index (κ2) is 13.7. The van der Waals surface area contributed by atoms with Crippen LogP contribution in [0.5, 0.6) is 5.75 Å². The smallest absolute Gasteiger partial charge is 0.433 e. The monoisotopic (exact) mass is 626 g/mol. The Morgan fingerprint density at radius 2 is 1.80 bits per heavy atom. The van der Waals surface area contributed by atoms with Gasteiger partial charge in [0.1, 0.15) is 11.3 Å². The molecule has 2 heterocycles. The zero-order chi connectivity index (χ0) is 33.1. The van der Waals surface area contributed by atoms with Gasteiger partial charge < -0.3 is 20.1 Å². The highest BCUT2D eigenvalue weighted by molar-refractivity contribution is 6.00. The molecule has 0 fully saturated rings. The van der Waals surface area contributed by atoms with Crippen LogP contribution in [0.4, 0.5) is 18.9 Å². The Hall–Kier alpha value is -4.49. The standard InChI is InChI=1S/C32H37F3N6O4/c1-19(2)40(15-14-39(5)27(18-42)23-8-7-9-24(16-23)37-21(4)43)31(44)26-17-36-41-29(32(33,34)35)20(3)28(38-30(26)41)22-10-12-25(45-6)13-11-22/h7-13,16-17,19,27,42H,14-15,18H2,1-6H3,(H,37,43). The minimum absolute atomic E-state index is 0.0617. The zero-order valence-corrected chi connectivity index (χ0v) is 26.0. The van der Waals surface area contributed by atoms with Gasteiger partial charge in [0, 0.05) is 42.9 Å². The van der Waals surface area contributed by atoms with Crippen molar-refractivity contribution in [2.24, 2.45) is 0 Å². The van der Waals surface area contributed by atoms with Crippen molar-refractivity contribution in [3.05, 3.63) is 77.1 Å². The second-order valence-electron chi connectivity index (χ2n) is 11.0. The average molecular weight is 627 g/mol. The SMILES string of the molecule is COc1ccc(-c2nc3c(C(=O)N(CCN(C)C(CO)c4cccc(NC(C)=O)c4)C(C)C)cnn3c(C(F)(F)F)c2C)cc1. The number of benzene rings is 2. The number of amides is 2. The fourth-order valence-electron chi connectivity index (χ4n) is 5.28. The normalized spacial score (nSPS) is 12.5. The maximum atomic E-state index is 14.4. The van der Waals surface area contributed by atoms with Gasteiger partial charge in [-0.05, 0) is 69.8 Å². The van der Waals surface area contributed by atoms with Crippen LogP contribution < -0.4 is 10.1 Å². The first kappa shape index (κ1) is 33.4. The molecule has 0 radical (unpaired) electrons. The summed E-state index contributed by atoms with van der Waals surface area (Å²) in [7, 11) is 3.29. The minimum atomic E-state index is -4.77. The van der Waals surface area contributed by atoms with Crippen LogP contribution in [0.25, 0.3) is 16.9 Å². The summed E-state index contributed by atoms with van der Waals surface area (Å²) in [6.45, 7) is 6.67. The number of aliphatic hydroxyl groups is 1. The molecule has 240 valence electrons. The summed E-state index contributed by atoms with van der Waals surface area (Å²) in [5, 5.41) is 16.9. The predicted molar refractivity (Wildman–Crippen MR) is 164 cm³/mol. The molecule has 1 unspecified atom stereocenters. The van der Waals surface area contributed by atoms with Crippen molar-refractivity contribution in [1.82, 2.24) is 24.4 Å². The number of carbonyl (C=O) groups is 2. The molecule has 0 saturated heterocycles. The zero-order valence-electron chi connectivity index (χ0n) is 26.0. The number of halogens is 3. The van der Waals surface area contributed by atoms with Crippen molar-refractivity contribution in [1.29, 1.82) is 0 Å². The Kier molecular flexibility index (Phi) is 10.1. The van der Waals surface area contributed by atoms with E-state index in [-0.39, 0.29) is 47.6 Å². The summed E-state index contributed by atoms with van der Waals surface area (Å²) < 4.78 is 49.0. The summed E-state index contributed by atoms with van der Waals surface area (Å²) in [5.74, 6) is -0.204. The molecule has 2 amide bonds. The first-order valence-electron chi connectivity index (χ1n) is 14.4. The number of nitrogens with one attached hydrogen (secondary N) is 1. The molecule has 10 nitrogen and oxygen atoms in total. The van der Waals surface area contributed by atoms with Crippen LogP contribution in [0.3, 0.4) is 0 Å². The molecule has 2 N–H and O–H groups in total. The third-order valence-corrected chi connectivity index (χ3v) is 7.62. The van der Waals surface area contributed by atoms with Gasteiger partial charge in [-0.1, -0.05) is 12.1 Å². The molecule has 0 bridgehead atoms. The molecule has 0 spiro atoms. The lowest BCUT2D eigenvalue weighted by molar-refractivity contribution is -0.143. The van der Waals surface area contributed by atoms with Crippen LogP contribution in [-0.4, -0.2) is 81.2 Å². The molecule has 2 aromatic carbocycles. The number of carbonyl (C=O) groups excluding carboxylic acids is 2. The number of anilines is 1. The van der Waals surface area contributed by atoms with Crippen molar-refractivity contribution in [3.8, 4) is 17.0 Å². The van der Waals surface area contributed by atoms with Gasteiger partial charge in [-0.15, -0.1) is 0 Å². The van der Waals surface area contributed by atoms with Crippen LogP contribution in [0.15, 0.2) is 54.7 Å². The van der Waals surface area contributed by atoms with Crippen LogP contribution in [-0.2, 0) is 11.0 Å². The van der Waals surface area contributed by atoms with Crippen molar-refractivity contribution < 1.29 is 32.6 Å². The maximum absolute atomic E-state index is 14.4. The van der Waals surface area contributed by atoms with Gasteiger partial charge in [-0.3, -0.25) is 14.5 Å². The van der Waals surface area contributed by atoms with E-state index in [1.54, 1.807) is 49.5 Å². The fraction of sp³-hybridized carbons (Fsp3) is 0.375. The third-order valence-electron chi connectivity index (χ3n) is 7.62. The van der Waals surface area contributed by atoms with Crippen LogP contribution in [0.2, 0.25) is 0 Å². The molecular weight excluding hydrogens is 589 g/mol. The van der Waals surface area contributed by atoms with E-state index >= 15 is 0 Å². The Bertz CT molecular complexity index is 1670. The van der Waals surface area contributed by atoms with Crippen LogP contribution in [0.1, 0.15) is 54.0 Å². The van der Waals surface area contributed by atoms with E-state index in [0.29, 0.717) is 28.1 Å². The first-order valence-corrected chi connectivity index (χ1v) is 14.4. The van der Waals surface area contributed by atoms with Gasteiger partial charge in [0.2, 0.25) is 5.91 Å². The number of likely N-dealkylation sites (N-methyl/N-ethyl adjacent to an activating group) is 1. The summed E-state index contributed by atoms with van der Waals surface area (Å²) >= 11 is 0. The Balaban J connectivity index is 1.67. The highest BCUT2D eigenvalue weighted by atomic mass is 19.4. The van der Waals surface area contributed by atoms with Crippen molar-refractivity contribution in [2.45, 2.75) is 46.0 Å². The predicted octanol–water partition coefficient (Wildman–Crippen LogP) is 5.21. The summed E-state index contributed by atoms with van der Waals surface area (Å²) in [6.07, 6.45) is -3.64. The Morgan fingerprint density at radius 1 is 1.11 bits per heavy atom. The average Bonchev–Trinajstić information content (AvgIpc) is 3.39. The van der Waals surface area contributed by atoms with Crippen molar-refractivity contribution >= 4 is 23.1 Å². The Labute approximate surface area is 259 Å². The number of ether oxygens (including phenoxy) is 1. The minimum Gasteiger partial charge on any atom is -0.497 e.